The lowest BCUT2D eigenvalue weighted by Crippen LogP contribution is -2.44. The van der Waals surface area contributed by atoms with Crippen molar-refractivity contribution >= 4 is 50.3 Å². The Kier molecular flexibility index (Phi) is 5.58. The van der Waals surface area contributed by atoms with E-state index >= 15 is 0 Å². The summed E-state index contributed by atoms with van der Waals surface area (Å²) in [6.07, 6.45) is 3.81. The molecule has 116 valence electrons. The van der Waals surface area contributed by atoms with Crippen LogP contribution in [-0.4, -0.2) is 28.8 Å². The maximum Gasteiger partial charge on any atom is 0.0831 e. The first kappa shape index (κ1) is 16.6. The summed E-state index contributed by atoms with van der Waals surface area (Å²) in [6.45, 7) is 0.786. The van der Waals surface area contributed by atoms with Crippen LogP contribution in [0.25, 0.3) is 0 Å². The average Bonchev–Trinajstić information content (AvgIpc) is 2.50. The van der Waals surface area contributed by atoms with Gasteiger partial charge in [-0.15, -0.1) is 0 Å². The average molecular weight is 483 g/mol. The largest absolute Gasteiger partial charge is 0.388 e. The van der Waals surface area contributed by atoms with E-state index in [0.29, 0.717) is 5.92 Å². The minimum Gasteiger partial charge on any atom is -0.388 e. The molecule has 2 fully saturated rings. The van der Waals surface area contributed by atoms with Gasteiger partial charge in [-0.25, -0.2) is 0 Å². The molecular weight excluding hydrogens is 463 g/mol. The smallest absolute Gasteiger partial charge is 0.0831 e. The summed E-state index contributed by atoms with van der Waals surface area (Å²) in [5.41, 5.74) is 1.05. The van der Waals surface area contributed by atoms with Gasteiger partial charge in [-0.1, -0.05) is 15.9 Å². The van der Waals surface area contributed by atoms with Crippen LogP contribution in [0.3, 0.4) is 0 Å². The molecule has 0 radical (unpaired) electrons. The van der Waals surface area contributed by atoms with Crippen LogP contribution in [0.5, 0.6) is 0 Å². The highest BCUT2D eigenvalue weighted by Gasteiger charge is 2.41. The molecule has 1 N–H and O–H groups in total. The first-order valence-corrected chi connectivity index (χ1v) is 10.5. The predicted molar refractivity (Wildman–Crippen MR) is 99.8 cm³/mol. The van der Waals surface area contributed by atoms with E-state index in [1.165, 1.54) is 15.1 Å². The highest BCUT2D eigenvalue weighted by molar-refractivity contribution is 14.1. The highest BCUT2D eigenvalue weighted by Crippen LogP contribution is 2.44. The van der Waals surface area contributed by atoms with Crippen molar-refractivity contribution in [1.82, 2.24) is 0 Å². The molecular formula is C16H20BrIO2S. The molecule has 2 atom stereocenters. The van der Waals surface area contributed by atoms with Gasteiger partial charge in [-0.2, -0.15) is 11.8 Å². The van der Waals surface area contributed by atoms with E-state index in [4.69, 9.17) is 4.74 Å². The summed E-state index contributed by atoms with van der Waals surface area (Å²) in [7, 11) is 0. The Balaban J connectivity index is 1.77. The van der Waals surface area contributed by atoms with Crippen molar-refractivity contribution in [3.05, 3.63) is 31.8 Å². The molecule has 0 aromatic heterocycles. The van der Waals surface area contributed by atoms with Gasteiger partial charge < -0.3 is 9.84 Å². The molecule has 1 spiro atoms. The number of hydrogen-bond donors (Lipinski definition) is 1. The van der Waals surface area contributed by atoms with Gasteiger partial charge >= 0.3 is 0 Å². The van der Waals surface area contributed by atoms with Crippen molar-refractivity contribution in [1.29, 1.82) is 0 Å². The van der Waals surface area contributed by atoms with Crippen LogP contribution in [0.1, 0.15) is 37.4 Å². The number of benzene rings is 1. The molecule has 21 heavy (non-hydrogen) atoms. The molecule has 5 heteroatoms. The molecule has 0 saturated carbocycles. The number of aliphatic hydroxyl groups is 1. The van der Waals surface area contributed by atoms with Crippen LogP contribution in [0, 0.1) is 9.49 Å². The van der Waals surface area contributed by atoms with E-state index in [0.717, 1.165) is 42.3 Å². The van der Waals surface area contributed by atoms with Gasteiger partial charge in [0.1, 0.15) is 0 Å². The zero-order valence-electron chi connectivity index (χ0n) is 11.9. The first-order chi connectivity index (χ1) is 10.1. The highest BCUT2D eigenvalue weighted by atomic mass is 127. The van der Waals surface area contributed by atoms with E-state index in [9.17, 15) is 5.11 Å². The molecule has 1 aromatic carbocycles. The van der Waals surface area contributed by atoms with Gasteiger partial charge in [0.05, 0.1) is 11.7 Å². The van der Waals surface area contributed by atoms with Gasteiger partial charge in [0, 0.05) is 14.6 Å². The molecule has 2 nitrogen and oxygen atoms in total. The maximum atomic E-state index is 10.9. The molecule has 0 aliphatic carbocycles. The van der Waals surface area contributed by atoms with E-state index in [1.807, 2.05) is 17.8 Å². The van der Waals surface area contributed by atoms with Crippen molar-refractivity contribution in [3.8, 4) is 0 Å². The van der Waals surface area contributed by atoms with Crippen molar-refractivity contribution in [2.24, 2.45) is 5.92 Å². The lowest BCUT2D eigenvalue weighted by atomic mass is 9.78. The molecule has 3 rings (SSSR count). The standard InChI is InChI=1S/C16H20BrIO2S/c17-14-2-1-12(18)9-13(14)15(19)11-3-6-20-16(10-11)4-7-21-8-5-16/h1-2,9,11,15,19H,3-8,10H2. The number of thioether (sulfide) groups is 1. The predicted octanol–water partition coefficient (Wildman–Crippen LogP) is 4.78. The summed E-state index contributed by atoms with van der Waals surface area (Å²) in [5, 5.41) is 10.9. The van der Waals surface area contributed by atoms with Crippen molar-refractivity contribution in [3.63, 3.8) is 0 Å². The zero-order valence-corrected chi connectivity index (χ0v) is 16.4. The van der Waals surface area contributed by atoms with Crippen LogP contribution in [0.2, 0.25) is 0 Å². The molecule has 2 heterocycles. The second-order valence-corrected chi connectivity index (χ2v) is 9.33. The Morgan fingerprint density at radius 1 is 1.38 bits per heavy atom. The van der Waals surface area contributed by atoms with E-state index in [2.05, 4.69) is 50.7 Å². The molecule has 2 aliphatic rings. The van der Waals surface area contributed by atoms with Crippen molar-refractivity contribution in [2.45, 2.75) is 37.4 Å². The Bertz CT molecular complexity index is 500. The lowest BCUT2D eigenvalue weighted by Gasteiger charge is -2.44. The van der Waals surface area contributed by atoms with Crippen LogP contribution in [-0.2, 0) is 4.74 Å². The monoisotopic (exact) mass is 482 g/mol. The van der Waals surface area contributed by atoms with Gasteiger partial charge in [-0.05, 0) is 89.5 Å². The molecule has 1 aromatic rings. The van der Waals surface area contributed by atoms with Gasteiger partial charge in [-0.3, -0.25) is 0 Å². The Labute approximate surface area is 152 Å². The Morgan fingerprint density at radius 2 is 2.14 bits per heavy atom. The fraction of sp³-hybridized carbons (Fsp3) is 0.625. The topological polar surface area (TPSA) is 29.5 Å². The number of aliphatic hydroxyl groups excluding tert-OH is 1. The Morgan fingerprint density at radius 3 is 2.90 bits per heavy atom. The molecule has 2 aliphatic heterocycles. The van der Waals surface area contributed by atoms with Gasteiger partial charge in [0.25, 0.3) is 0 Å². The number of rotatable bonds is 2. The lowest BCUT2D eigenvalue weighted by molar-refractivity contribution is -0.121. The first-order valence-electron chi connectivity index (χ1n) is 7.44. The fourth-order valence-electron chi connectivity index (χ4n) is 3.42. The fourth-order valence-corrected chi connectivity index (χ4v) is 5.66. The normalized spacial score (nSPS) is 26.7. The quantitative estimate of drug-likeness (QED) is 0.615. The van der Waals surface area contributed by atoms with Crippen LogP contribution in [0.4, 0.5) is 0 Å². The van der Waals surface area contributed by atoms with Crippen LogP contribution in [0.15, 0.2) is 22.7 Å². The number of halogens is 2. The van der Waals surface area contributed by atoms with Gasteiger partial charge in [0.15, 0.2) is 0 Å². The number of hydrogen-bond acceptors (Lipinski definition) is 3. The van der Waals surface area contributed by atoms with Crippen molar-refractivity contribution < 1.29 is 9.84 Å². The maximum absolute atomic E-state index is 10.9. The van der Waals surface area contributed by atoms with E-state index in [1.54, 1.807) is 0 Å². The third-order valence-electron chi connectivity index (χ3n) is 4.66. The Hall–Kier alpha value is 0.700. The van der Waals surface area contributed by atoms with Crippen LogP contribution >= 0.6 is 50.3 Å². The minimum atomic E-state index is -0.399. The molecule has 0 amide bonds. The van der Waals surface area contributed by atoms with Gasteiger partial charge in [0.2, 0.25) is 0 Å². The third kappa shape index (κ3) is 3.79. The zero-order chi connectivity index (χ0) is 14.9. The summed E-state index contributed by atoms with van der Waals surface area (Å²) in [5.74, 6) is 2.68. The summed E-state index contributed by atoms with van der Waals surface area (Å²) >= 11 is 7.91. The second kappa shape index (κ2) is 7.07. The van der Waals surface area contributed by atoms with Crippen molar-refractivity contribution in [2.75, 3.05) is 18.1 Å². The summed E-state index contributed by atoms with van der Waals surface area (Å²) in [6, 6.07) is 6.19. The summed E-state index contributed by atoms with van der Waals surface area (Å²) < 4.78 is 8.32. The van der Waals surface area contributed by atoms with Crippen LogP contribution < -0.4 is 0 Å². The molecule has 2 unspecified atom stereocenters. The number of ether oxygens (including phenoxy) is 1. The minimum absolute atomic E-state index is 0.0313. The second-order valence-electron chi connectivity index (χ2n) is 6.01. The van der Waals surface area contributed by atoms with E-state index < -0.39 is 6.10 Å². The van der Waals surface area contributed by atoms with E-state index in [-0.39, 0.29) is 5.60 Å². The molecule has 0 bridgehead atoms. The SMILES string of the molecule is OC(c1cc(I)ccc1Br)C1CCOC2(CCSCC2)C1. The summed E-state index contributed by atoms with van der Waals surface area (Å²) in [4.78, 5) is 0. The third-order valence-corrected chi connectivity index (χ3v) is 7.04. The molecule has 2 saturated heterocycles.